The highest BCUT2D eigenvalue weighted by Crippen LogP contribution is 2.27. The second-order valence-electron chi connectivity index (χ2n) is 8.24. The van der Waals surface area contributed by atoms with Crippen LogP contribution in [0.5, 0.6) is 0 Å². The summed E-state index contributed by atoms with van der Waals surface area (Å²) in [5.41, 5.74) is -0.637. The molecule has 1 heterocycles. The van der Waals surface area contributed by atoms with E-state index in [9.17, 15) is 14.7 Å². The van der Waals surface area contributed by atoms with Crippen molar-refractivity contribution in [3.8, 4) is 0 Å². The molecule has 1 aliphatic carbocycles. The molecule has 2 aliphatic rings. The number of carbonyl (C=O) groups excluding carboxylic acids is 2. The first-order valence-corrected chi connectivity index (χ1v) is 9.33. The number of rotatable bonds is 3. The topological polar surface area (TPSA) is 75.6 Å². The summed E-state index contributed by atoms with van der Waals surface area (Å²) in [6, 6.07) is 0.107. The molecule has 6 nitrogen and oxygen atoms in total. The quantitative estimate of drug-likeness (QED) is 0.611. The molecule has 1 atom stereocenters. The van der Waals surface area contributed by atoms with E-state index < -0.39 is 23.8 Å². The number of nitrogens with zero attached hydrogens (tertiary/aromatic N) is 1. The molecule has 1 aliphatic heterocycles. The summed E-state index contributed by atoms with van der Waals surface area (Å²) in [5, 5.41) is 13.7. The van der Waals surface area contributed by atoms with Crippen LogP contribution >= 0.6 is 0 Å². The molecule has 2 rings (SSSR count). The van der Waals surface area contributed by atoms with Crippen molar-refractivity contribution >= 4 is 12.0 Å². The van der Waals surface area contributed by atoms with Crippen molar-refractivity contribution in [1.29, 1.82) is 0 Å². The van der Waals surface area contributed by atoms with Crippen molar-refractivity contribution in [3.63, 3.8) is 0 Å². The maximum Gasteiger partial charge on any atom is 0.519 e. The summed E-state index contributed by atoms with van der Waals surface area (Å²) < 4.78 is 5.20. The molecule has 0 bridgehead atoms. The standard InChI is InChI=1S/C18H32N2O4/c1-18(2,3)24-17(23)20(12-8-9-13-20)16(22)15(21)19-14-10-6-4-5-7-11-14/h14,16,22H,4-13H2,1-3H3/p+1. The van der Waals surface area contributed by atoms with Crippen LogP contribution in [0.25, 0.3) is 0 Å². The summed E-state index contributed by atoms with van der Waals surface area (Å²) in [4.78, 5) is 25.3. The van der Waals surface area contributed by atoms with Gasteiger partial charge in [0.05, 0.1) is 13.1 Å². The van der Waals surface area contributed by atoms with E-state index in [1.807, 2.05) is 0 Å². The fraction of sp³-hybridized carbons (Fsp3) is 0.889. The number of nitrogens with one attached hydrogen (secondary N) is 1. The van der Waals surface area contributed by atoms with Crippen LogP contribution in [0, 0.1) is 0 Å². The lowest BCUT2D eigenvalue weighted by atomic mass is 10.1. The average Bonchev–Trinajstić information content (AvgIpc) is 2.86. The molecule has 1 saturated carbocycles. The highest BCUT2D eigenvalue weighted by Gasteiger charge is 2.52. The van der Waals surface area contributed by atoms with E-state index in [1.165, 1.54) is 12.8 Å². The number of aliphatic hydroxyl groups excluding tert-OH is 1. The van der Waals surface area contributed by atoms with E-state index >= 15 is 0 Å². The van der Waals surface area contributed by atoms with Gasteiger partial charge in [0.1, 0.15) is 5.60 Å². The fourth-order valence-corrected chi connectivity index (χ4v) is 3.70. The van der Waals surface area contributed by atoms with Gasteiger partial charge in [-0.3, -0.25) is 4.79 Å². The largest absolute Gasteiger partial charge is 0.519 e. The predicted molar refractivity (Wildman–Crippen MR) is 91.1 cm³/mol. The maximum atomic E-state index is 12.7. The SMILES string of the molecule is CC(C)(C)OC(=O)[N+]1(C(O)C(=O)NC2CCCCCC2)CCCC1. The van der Waals surface area contributed by atoms with Gasteiger partial charge in [-0.15, -0.1) is 0 Å². The van der Waals surface area contributed by atoms with Crippen molar-refractivity contribution in [2.45, 2.75) is 90.0 Å². The Morgan fingerprint density at radius 3 is 2.08 bits per heavy atom. The zero-order chi connectivity index (χ0) is 17.8. The van der Waals surface area contributed by atoms with Gasteiger partial charge >= 0.3 is 12.0 Å². The molecule has 138 valence electrons. The molecule has 0 aromatic heterocycles. The van der Waals surface area contributed by atoms with Gasteiger partial charge in [-0.25, -0.2) is 0 Å². The monoisotopic (exact) mass is 341 g/mol. The Labute approximate surface area is 145 Å². The van der Waals surface area contributed by atoms with Crippen molar-refractivity contribution in [3.05, 3.63) is 0 Å². The third-order valence-electron chi connectivity index (χ3n) is 5.03. The lowest BCUT2D eigenvalue weighted by Crippen LogP contribution is -2.64. The summed E-state index contributed by atoms with van der Waals surface area (Å²) in [7, 11) is 0. The number of amides is 2. The lowest BCUT2D eigenvalue weighted by molar-refractivity contribution is -0.884. The smallest absolute Gasteiger partial charge is 0.414 e. The summed E-state index contributed by atoms with van der Waals surface area (Å²) in [6.07, 6.45) is 6.25. The lowest BCUT2D eigenvalue weighted by Gasteiger charge is -2.35. The number of ether oxygens (including phenoxy) is 1. The zero-order valence-electron chi connectivity index (χ0n) is 15.3. The first kappa shape index (κ1) is 19.2. The van der Waals surface area contributed by atoms with Crippen molar-refractivity contribution < 1.29 is 23.9 Å². The molecule has 2 amide bonds. The van der Waals surface area contributed by atoms with E-state index in [-0.39, 0.29) is 10.5 Å². The normalized spacial score (nSPS) is 23.3. The highest BCUT2D eigenvalue weighted by atomic mass is 16.6. The third-order valence-corrected chi connectivity index (χ3v) is 5.03. The Kier molecular flexibility index (Phi) is 6.26. The number of quaternary nitrogens is 1. The van der Waals surface area contributed by atoms with Crippen LogP contribution in [0.3, 0.4) is 0 Å². The first-order valence-electron chi connectivity index (χ1n) is 9.33. The van der Waals surface area contributed by atoms with E-state index in [0.717, 1.165) is 38.5 Å². The highest BCUT2D eigenvalue weighted by molar-refractivity contribution is 5.81. The molecule has 0 radical (unpaired) electrons. The van der Waals surface area contributed by atoms with E-state index in [4.69, 9.17) is 4.74 Å². The second kappa shape index (κ2) is 7.83. The van der Waals surface area contributed by atoms with Crippen molar-refractivity contribution in [1.82, 2.24) is 5.32 Å². The van der Waals surface area contributed by atoms with Gasteiger partial charge in [0.25, 0.3) is 6.23 Å². The van der Waals surface area contributed by atoms with E-state index in [2.05, 4.69) is 5.32 Å². The molecule has 0 aromatic rings. The average molecular weight is 341 g/mol. The number of aliphatic hydroxyl groups is 1. The molecule has 1 saturated heterocycles. The summed E-state index contributed by atoms with van der Waals surface area (Å²) in [5.74, 6) is -0.436. The molecular weight excluding hydrogens is 308 g/mol. The molecular formula is C18H33N2O4+. The van der Waals surface area contributed by atoms with Crippen molar-refractivity contribution in [2.24, 2.45) is 0 Å². The Bertz CT molecular complexity index is 444. The van der Waals surface area contributed by atoms with Crippen LogP contribution < -0.4 is 5.32 Å². The number of hydrogen-bond donors (Lipinski definition) is 2. The molecule has 2 N–H and O–H groups in total. The second-order valence-corrected chi connectivity index (χ2v) is 8.24. The van der Waals surface area contributed by atoms with Crippen LogP contribution in [0.15, 0.2) is 0 Å². The minimum atomic E-state index is -1.38. The van der Waals surface area contributed by atoms with Crippen LogP contribution in [-0.2, 0) is 9.53 Å². The molecule has 0 aromatic carbocycles. The Morgan fingerprint density at radius 2 is 1.58 bits per heavy atom. The predicted octanol–water partition coefficient (Wildman–Crippen LogP) is 2.69. The maximum absolute atomic E-state index is 12.7. The number of hydrogen-bond acceptors (Lipinski definition) is 4. The van der Waals surface area contributed by atoms with Crippen LogP contribution in [0.1, 0.15) is 72.1 Å². The molecule has 2 fully saturated rings. The molecule has 0 spiro atoms. The van der Waals surface area contributed by atoms with Crippen molar-refractivity contribution in [2.75, 3.05) is 13.1 Å². The van der Waals surface area contributed by atoms with Crippen LogP contribution in [0.2, 0.25) is 0 Å². The van der Waals surface area contributed by atoms with Gasteiger partial charge in [0.15, 0.2) is 0 Å². The summed E-state index contributed by atoms with van der Waals surface area (Å²) >= 11 is 0. The molecule has 6 heteroatoms. The minimum absolute atomic E-state index is 0.107. The fourth-order valence-electron chi connectivity index (χ4n) is 3.70. The Morgan fingerprint density at radius 1 is 1.04 bits per heavy atom. The minimum Gasteiger partial charge on any atom is -0.414 e. The molecule has 24 heavy (non-hydrogen) atoms. The van der Waals surface area contributed by atoms with Gasteiger partial charge < -0.3 is 15.2 Å². The zero-order valence-corrected chi connectivity index (χ0v) is 15.3. The third kappa shape index (κ3) is 4.70. The van der Waals surface area contributed by atoms with E-state index in [1.54, 1.807) is 20.8 Å². The van der Waals surface area contributed by atoms with Gasteiger partial charge in [-0.2, -0.15) is 9.28 Å². The van der Waals surface area contributed by atoms with E-state index in [0.29, 0.717) is 13.1 Å². The van der Waals surface area contributed by atoms with Crippen LogP contribution in [0.4, 0.5) is 4.79 Å². The van der Waals surface area contributed by atoms with Gasteiger partial charge in [-0.05, 0) is 33.6 Å². The van der Waals surface area contributed by atoms with Crippen LogP contribution in [-0.4, -0.2) is 52.6 Å². The number of likely N-dealkylation sites (tertiary alicyclic amines) is 1. The summed E-state index contributed by atoms with van der Waals surface area (Å²) in [6.45, 7) is 6.31. The Hall–Kier alpha value is -1.14. The molecule has 1 unspecified atom stereocenters. The van der Waals surface area contributed by atoms with Gasteiger partial charge in [0, 0.05) is 18.9 Å². The first-order chi connectivity index (χ1) is 11.2. The Balaban J connectivity index is 2.06. The number of carbonyl (C=O) groups is 2. The van der Waals surface area contributed by atoms with Gasteiger partial charge in [0.2, 0.25) is 0 Å². The van der Waals surface area contributed by atoms with Gasteiger partial charge in [-0.1, -0.05) is 25.7 Å².